The number of carbonyl (C=O) groups excluding carboxylic acids is 2. The molecule has 0 bridgehead atoms. The third kappa shape index (κ3) is 5.13. The number of thioether (sulfide) groups is 1. The Hall–Kier alpha value is -2.80. The predicted octanol–water partition coefficient (Wildman–Crippen LogP) is 3.58. The van der Waals surface area contributed by atoms with Gasteiger partial charge in [-0.15, -0.1) is 0 Å². The summed E-state index contributed by atoms with van der Waals surface area (Å²) >= 11 is 1.40. The number of imidazole rings is 1. The maximum absolute atomic E-state index is 12.2. The number of aromatic nitrogens is 2. The van der Waals surface area contributed by atoms with Gasteiger partial charge in [0.05, 0.1) is 23.4 Å². The summed E-state index contributed by atoms with van der Waals surface area (Å²) in [6.07, 6.45) is 0.878. The second-order valence-corrected chi connectivity index (χ2v) is 7.04. The van der Waals surface area contributed by atoms with Crippen molar-refractivity contribution in [2.75, 3.05) is 18.9 Å². The summed E-state index contributed by atoms with van der Waals surface area (Å²) in [5.41, 5.74) is 2.91. The van der Waals surface area contributed by atoms with E-state index in [-0.39, 0.29) is 17.6 Å². The minimum absolute atomic E-state index is 0.0828. The Balaban J connectivity index is 1.61. The molecule has 0 radical (unpaired) electrons. The number of para-hydroxylation sites is 3. The van der Waals surface area contributed by atoms with Crippen molar-refractivity contribution in [2.45, 2.75) is 24.9 Å². The number of nitrogens with zero attached hydrogens (tertiary/aromatic N) is 2. The molecule has 0 saturated carbocycles. The minimum Gasteiger partial charge on any atom is -0.466 e. The van der Waals surface area contributed by atoms with E-state index in [4.69, 9.17) is 4.74 Å². The fourth-order valence-corrected chi connectivity index (χ4v) is 3.66. The standard InChI is InChI=1S/C21H23N3O3S/c1-2-27-20(26)13-8-14-22-19(25)15-28-21-23-17-11-6-7-12-18(17)24(21)16-9-4-3-5-10-16/h3-7,9-12H,2,8,13-15H2,1H3,(H,22,25). The predicted molar refractivity (Wildman–Crippen MR) is 111 cm³/mol. The Morgan fingerprint density at radius 3 is 2.64 bits per heavy atom. The van der Waals surface area contributed by atoms with Gasteiger partial charge < -0.3 is 10.1 Å². The number of esters is 1. The van der Waals surface area contributed by atoms with Gasteiger partial charge in [0.2, 0.25) is 5.91 Å². The molecule has 0 aliphatic carbocycles. The highest BCUT2D eigenvalue weighted by atomic mass is 32.2. The van der Waals surface area contributed by atoms with Gasteiger partial charge in [0.25, 0.3) is 0 Å². The number of amides is 1. The fraction of sp³-hybridized carbons (Fsp3) is 0.286. The summed E-state index contributed by atoms with van der Waals surface area (Å²) in [4.78, 5) is 28.2. The van der Waals surface area contributed by atoms with Crippen LogP contribution in [0.15, 0.2) is 59.8 Å². The van der Waals surface area contributed by atoms with Crippen LogP contribution in [0, 0.1) is 0 Å². The van der Waals surface area contributed by atoms with Gasteiger partial charge in [-0.05, 0) is 37.6 Å². The highest BCUT2D eigenvalue weighted by Crippen LogP contribution is 2.27. The van der Waals surface area contributed by atoms with Crippen molar-refractivity contribution >= 4 is 34.7 Å². The molecule has 1 heterocycles. The van der Waals surface area contributed by atoms with E-state index in [1.165, 1.54) is 11.8 Å². The molecule has 2 aromatic carbocycles. The van der Waals surface area contributed by atoms with Gasteiger partial charge in [0.1, 0.15) is 0 Å². The Morgan fingerprint density at radius 2 is 1.86 bits per heavy atom. The van der Waals surface area contributed by atoms with Crippen LogP contribution in [-0.4, -0.2) is 40.3 Å². The first-order chi connectivity index (χ1) is 13.7. The molecule has 146 valence electrons. The van der Waals surface area contributed by atoms with Crippen LogP contribution in [0.25, 0.3) is 16.7 Å². The third-order valence-electron chi connectivity index (χ3n) is 4.06. The molecular formula is C21H23N3O3S. The van der Waals surface area contributed by atoms with E-state index in [0.717, 1.165) is 21.9 Å². The highest BCUT2D eigenvalue weighted by molar-refractivity contribution is 7.99. The van der Waals surface area contributed by atoms with Crippen molar-refractivity contribution in [3.8, 4) is 5.69 Å². The van der Waals surface area contributed by atoms with Crippen LogP contribution in [0.1, 0.15) is 19.8 Å². The highest BCUT2D eigenvalue weighted by Gasteiger charge is 2.14. The van der Waals surface area contributed by atoms with Gasteiger partial charge in [0.15, 0.2) is 5.16 Å². The summed E-state index contributed by atoms with van der Waals surface area (Å²) in [6.45, 7) is 2.61. The first-order valence-electron chi connectivity index (χ1n) is 9.27. The van der Waals surface area contributed by atoms with Gasteiger partial charge >= 0.3 is 5.97 Å². The van der Waals surface area contributed by atoms with Gasteiger partial charge in [-0.2, -0.15) is 0 Å². The molecule has 3 aromatic rings. The molecule has 1 amide bonds. The summed E-state index contributed by atoms with van der Waals surface area (Å²) in [5.74, 6) is -0.0570. The van der Waals surface area contributed by atoms with Crippen molar-refractivity contribution in [1.29, 1.82) is 0 Å². The molecule has 0 aliphatic rings. The first-order valence-corrected chi connectivity index (χ1v) is 10.3. The third-order valence-corrected chi connectivity index (χ3v) is 5.00. The smallest absolute Gasteiger partial charge is 0.305 e. The van der Waals surface area contributed by atoms with Gasteiger partial charge in [0, 0.05) is 18.7 Å². The largest absolute Gasteiger partial charge is 0.466 e. The Bertz CT molecular complexity index is 940. The van der Waals surface area contributed by atoms with Crippen LogP contribution >= 0.6 is 11.8 Å². The Kier molecular flexibility index (Phi) is 7.08. The lowest BCUT2D eigenvalue weighted by Gasteiger charge is -2.09. The van der Waals surface area contributed by atoms with Crippen LogP contribution in [0.5, 0.6) is 0 Å². The van der Waals surface area contributed by atoms with Crippen LogP contribution in [0.2, 0.25) is 0 Å². The van der Waals surface area contributed by atoms with Crippen molar-refractivity contribution in [2.24, 2.45) is 0 Å². The van der Waals surface area contributed by atoms with Crippen LogP contribution in [0.4, 0.5) is 0 Å². The SMILES string of the molecule is CCOC(=O)CCCNC(=O)CSc1nc2ccccc2n1-c1ccccc1. The summed E-state index contributed by atoms with van der Waals surface area (Å²) < 4.78 is 6.94. The number of rotatable bonds is 9. The number of benzene rings is 2. The number of ether oxygens (including phenoxy) is 1. The maximum Gasteiger partial charge on any atom is 0.305 e. The molecule has 0 spiro atoms. The number of carbonyl (C=O) groups is 2. The molecule has 3 rings (SSSR count). The zero-order chi connectivity index (χ0) is 19.8. The monoisotopic (exact) mass is 397 g/mol. The van der Waals surface area contributed by atoms with Crippen LogP contribution in [0.3, 0.4) is 0 Å². The number of nitrogens with one attached hydrogen (secondary N) is 1. The van der Waals surface area contributed by atoms with Crippen molar-refractivity contribution in [3.05, 3.63) is 54.6 Å². The zero-order valence-electron chi connectivity index (χ0n) is 15.8. The van der Waals surface area contributed by atoms with Crippen molar-refractivity contribution < 1.29 is 14.3 Å². The summed E-state index contributed by atoms with van der Waals surface area (Å²) in [7, 11) is 0. The fourth-order valence-electron chi connectivity index (χ4n) is 2.80. The van der Waals surface area contributed by atoms with E-state index in [0.29, 0.717) is 26.0 Å². The maximum atomic E-state index is 12.2. The second-order valence-electron chi connectivity index (χ2n) is 6.10. The summed E-state index contributed by atoms with van der Waals surface area (Å²) in [5, 5.41) is 3.61. The molecular weight excluding hydrogens is 374 g/mol. The molecule has 1 N–H and O–H groups in total. The van der Waals surface area contributed by atoms with Gasteiger partial charge in [-0.3, -0.25) is 14.2 Å². The Labute approximate surface area is 168 Å². The lowest BCUT2D eigenvalue weighted by Crippen LogP contribution is -2.26. The molecule has 0 atom stereocenters. The molecule has 7 heteroatoms. The number of hydrogen-bond acceptors (Lipinski definition) is 5. The molecule has 0 aliphatic heterocycles. The lowest BCUT2D eigenvalue weighted by atomic mass is 10.3. The van der Waals surface area contributed by atoms with Gasteiger partial charge in [-0.1, -0.05) is 42.1 Å². The van der Waals surface area contributed by atoms with E-state index in [2.05, 4.69) is 14.9 Å². The zero-order valence-corrected chi connectivity index (χ0v) is 16.6. The second kappa shape index (κ2) is 9.94. The first kappa shape index (κ1) is 19.9. The quantitative estimate of drug-likeness (QED) is 0.339. The average Bonchev–Trinajstić information content (AvgIpc) is 3.09. The average molecular weight is 398 g/mol. The number of fused-ring (bicyclic) bond motifs is 1. The molecule has 0 fully saturated rings. The van der Waals surface area contributed by atoms with E-state index in [9.17, 15) is 9.59 Å². The topological polar surface area (TPSA) is 73.2 Å². The molecule has 6 nitrogen and oxygen atoms in total. The minimum atomic E-state index is -0.234. The lowest BCUT2D eigenvalue weighted by molar-refractivity contribution is -0.143. The molecule has 0 unspecified atom stereocenters. The normalized spacial score (nSPS) is 10.8. The van der Waals surface area contributed by atoms with Crippen molar-refractivity contribution in [3.63, 3.8) is 0 Å². The van der Waals surface area contributed by atoms with E-state index >= 15 is 0 Å². The Morgan fingerprint density at radius 1 is 1.11 bits per heavy atom. The van der Waals surface area contributed by atoms with Crippen LogP contribution in [-0.2, 0) is 14.3 Å². The molecule has 1 aromatic heterocycles. The number of hydrogen-bond donors (Lipinski definition) is 1. The van der Waals surface area contributed by atoms with Crippen molar-refractivity contribution in [1.82, 2.24) is 14.9 Å². The molecule has 28 heavy (non-hydrogen) atoms. The summed E-state index contributed by atoms with van der Waals surface area (Å²) in [6, 6.07) is 17.9. The van der Waals surface area contributed by atoms with Gasteiger partial charge in [-0.25, -0.2) is 4.98 Å². The van der Waals surface area contributed by atoms with Crippen LogP contribution < -0.4 is 5.32 Å². The van der Waals surface area contributed by atoms with E-state index in [1.54, 1.807) is 6.92 Å². The van der Waals surface area contributed by atoms with E-state index in [1.807, 2.05) is 54.6 Å². The molecule has 0 saturated heterocycles. The van der Waals surface area contributed by atoms with E-state index < -0.39 is 0 Å².